The van der Waals surface area contributed by atoms with Crippen LogP contribution in [0, 0.1) is 0 Å². The third-order valence-corrected chi connectivity index (χ3v) is 1.36. The van der Waals surface area contributed by atoms with Gasteiger partial charge in [0.2, 0.25) is 0 Å². The van der Waals surface area contributed by atoms with Gasteiger partial charge in [0.25, 0.3) is 0 Å². The van der Waals surface area contributed by atoms with Crippen LogP contribution in [-0.2, 0) is 4.79 Å². The van der Waals surface area contributed by atoms with Crippen molar-refractivity contribution in [2.24, 2.45) is 0 Å². The maximum atomic E-state index is 10.7. The number of unbranched alkanes of at least 4 members (excludes halogenated alkanes) is 1. The Morgan fingerprint density at radius 3 is 2.50 bits per heavy atom. The molecule has 0 aliphatic heterocycles. The van der Waals surface area contributed by atoms with Crippen LogP contribution in [0.15, 0.2) is 12.2 Å². The summed E-state index contributed by atoms with van der Waals surface area (Å²) < 4.78 is 0. The lowest BCUT2D eigenvalue weighted by Gasteiger charge is -1.87. The summed E-state index contributed by atoms with van der Waals surface area (Å²) in [4.78, 5) is 10.7. The van der Waals surface area contributed by atoms with Gasteiger partial charge in [-0.15, -0.1) is 0 Å². The molecule has 58 valence electrons. The minimum atomic E-state index is 0.326. The average Bonchev–Trinajstić information content (AvgIpc) is 1.98. The van der Waals surface area contributed by atoms with Gasteiger partial charge < -0.3 is 0 Å². The number of allylic oxidation sites excluding steroid dienone is 2. The summed E-state index contributed by atoms with van der Waals surface area (Å²) in [5, 5.41) is 0. The van der Waals surface area contributed by atoms with Gasteiger partial charge in [0, 0.05) is 12.8 Å². The molecule has 0 N–H and O–H groups in total. The zero-order valence-corrected chi connectivity index (χ0v) is 6.89. The van der Waals surface area contributed by atoms with Gasteiger partial charge in [0.1, 0.15) is 5.78 Å². The fraction of sp³-hybridized carbons (Fsp3) is 0.667. The second kappa shape index (κ2) is 6.53. The first-order valence-electron chi connectivity index (χ1n) is 3.98. The summed E-state index contributed by atoms with van der Waals surface area (Å²) in [6, 6.07) is 0. The van der Waals surface area contributed by atoms with Gasteiger partial charge in [-0.05, 0) is 6.42 Å². The van der Waals surface area contributed by atoms with Crippen molar-refractivity contribution in [2.75, 3.05) is 0 Å². The first-order chi connectivity index (χ1) is 4.81. The molecule has 0 aromatic heterocycles. The van der Waals surface area contributed by atoms with E-state index >= 15 is 0 Å². The first-order valence-corrected chi connectivity index (χ1v) is 3.98. The highest BCUT2D eigenvalue weighted by atomic mass is 16.1. The summed E-state index contributed by atoms with van der Waals surface area (Å²) >= 11 is 0. The Hall–Kier alpha value is -0.590. The van der Waals surface area contributed by atoms with Crippen LogP contribution < -0.4 is 0 Å². The number of hydrogen-bond donors (Lipinski definition) is 0. The normalized spacial score (nSPS) is 10.6. The molecule has 0 heterocycles. The van der Waals surface area contributed by atoms with E-state index in [2.05, 4.69) is 13.0 Å². The van der Waals surface area contributed by atoms with E-state index in [1.807, 2.05) is 13.0 Å². The van der Waals surface area contributed by atoms with Crippen molar-refractivity contribution in [1.29, 1.82) is 0 Å². The number of ketones is 1. The van der Waals surface area contributed by atoms with E-state index in [0.717, 1.165) is 12.8 Å². The van der Waals surface area contributed by atoms with Crippen LogP contribution >= 0.6 is 0 Å². The Morgan fingerprint density at radius 2 is 2.00 bits per heavy atom. The topological polar surface area (TPSA) is 17.1 Å². The third kappa shape index (κ3) is 5.54. The highest BCUT2D eigenvalue weighted by molar-refractivity contribution is 5.79. The summed E-state index contributed by atoms with van der Waals surface area (Å²) in [5.74, 6) is 0.326. The quantitative estimate of drug-likeness (QED) is 0.536. The molecule has 1 heteroatoms. The lowest BCUT2D eigenvalue weighted by molar-refractivity contribution is -0.117. The molecule has 0 atom stereocenters. The van der Waals surface area contributed by atoms with Crippen LogP contribution in [0.25, 0.3) is 0 Å². The monoisotopic (exact) mass is 140 g/mol. The average molecular weight is 140 g/mol. The second-order valence-electron chi connectivity index (χ2n) is 2.36. The Morgan fingerprint density at radius 1 is 1.30 bits per heavy atom. The van der Waals surface area contributed by atoms with E-state index in [9.17, 15) is 4.79 Å². The van der Waals surface area contributed by atoms with E-state index in [4.69, 9.17) is 0 Å². The smallest absolute Gasteiger partial charge is 0.136 e. The molecule has 0 rings (SSSR count). The molecular formula is C9H16O. The molecule has 0 bridgehead atoms. The standard InChI is InChI=1S/C9H16O/c1-3-5-6-7-8-9(10)4-2/h6-7H,3-5,8H2,1-2H3/b7-6-. The van der Waals surface area contributed by atoms with Gasteiger partial charge in [0.15, 0.2) is 0 Å². The number of rotatable bonds is 5. The fourth-order valence-electron chi connectivity index (χ4n) is 0.644. The molecule has 0 saturated heterocycles. The van der Waals surface area contributed by atoms with E-state index in [1.165, 1.54) is 0 Å². The van der Waals surface area contributed by atoms with Crippen molar-refractivity contribution in [3.63, 3.8) is 0 Å². The van der Waals surface area contributed by atoms with Gasteiger partial charge >= 0.3 is 0 Å². The predicted molar refractivity (Wildman–Crippen MR) is 44.0 cm³/mol. The molecule has 0 amide bonds. The SMILES string of the molecule is CCC/C=C\CC(=O)CC. The fourth-order valence-corrected chi connectivity index (χ4v) is 0.644. The van der Waals surface area contributed by atoms with Crippen LogP contribution in [-0.4, -0.2) is 5.78 Å². The molecule has 0 spiro atoms. The van der Waals surface area contributed by atoms with Gasteiger partial charge in [-0.2, -0.15) is 0 Å². The zero-order valence-electron chi connectivity index (χ0n) is 6.89. The summed E-state index contributed by atoms with van der Waals surface area (Å²) in [6.45, 7) is 4.03. The Balaban J connectivity index is 3.25. The highest BCUT2D eigenvalue weighted by Crippen LogP contribution is 1.93. The number of Topliss-reactive ketones (excluding diaryl/α,β-unsaturated/α-hetero) is 1. The molecule has 0 unspecified atom stereocenters. The predicted octanol–water partition coefficient (Wildman–Crippen LogP) is 2.71. The molecule has 0 fully saturated rings. The Bertz CT molecular complexity index is 114. The van der Waals surface area contributed by atoms with E-state index in [-0.39, 0.29) is 0 Å². The van der Waals surface area contributed by atoms with E-state index < -0.39 is 0 Å². The minimum Gasteiger partial charge on any atom is -0.299 e. The maximum Gasteiger partial charge on any atom is 0.136 e. The molecule has 0 aliphatic rings. The molecule has 0 saturated carbocycles. The van der Waals surface area contributed by atoms with Crippen LogP contribution in [0.1, 0.15) is 39.5 Å². The zero-order chi connectivity index (χ0) is 7.82. The van der Waals surface area contributed by atoms with Crippen molar-refractivity contribution < 1.29 is 4.79 Å². The van der Waals surface area contributed by atoms with E-state index in [1.54, 1.807) is 0 Å². The van der Waals surface area contributed by atoms with Crippen LogP contribution in [0.3, 0.4) is 0 Å². The number of carbonyl (C=O) groups is 1. The molecule has 0 aromatic carbocycles. The Kier molecular flexibility index (Phi) is 6.14. The van der Waals surface area contributed by atoms with Crippen LogP contribution in [0.5, 0.6) is 0 Å². The highest BCUT2D eigenvalue weighted by Gasteiger charge is 1.90. The molecule has 10 heavy (non-hydrogen) atoms. The summed E-state index contributed by atoms with van der Waals surface area (Å²) in [7, 11) is 0. The van der Waals surface area contributed by atoms with Gasteiger partial charge in [0.05, 0.1) is 0 Å². The Labute approximate surface area is 63.1 Å². The van der Waals surface area contributed by atoms with Gasteiger partial charge in [-0.25, -0.2) is 0 Å². The third-order valence-electron chi connectivity index (χ3n) is 1.36. The first kappa shape index (κ1) is 9.41. The minimum absolute atomic E-state index is 0.326. The van der Waals surface area contributed by atoms with Gasteiger partial charge in [-0.1, -0.05) is 32.4 Å². The van der Waals surface area contributed by atoms with Gasteiger partial charge in [-0.3, -0.25) is 4.79 Å². The number of carbonyl (C=O) groups excluding carboxylic acids is 1. The molecule has 0 radical (unpaired) electrons. The maximum absolute atomic E-state index is 10.7. The van der Waals surface area contributed by atoms with Crippen molar-refractivity contribution in [2.45, 2.75) is 39.5 Å². The lowest BCUT2D eigenvalue weighted by Crippen LogP contribution is -1.90. The van der Waals surface area contributed by atoms with Crippen molar-refractivity contribution in [3.05, 3.63) is 12.2 Å². The van der Waals surface area contributed by atoms with Crippen LogP contribution in [0.2, 0.25) is 0 Å². The molecule has 0 aliphatic carbocycles. The lowest BCUT2D eigenvalue weighted by atomic mass is 10.2. The molecular weight excluding hydrogens is 124 g/mol. The van der Waals surface area contributed by atoms with Crippen LogP contribution in [0.4, 0.5) is 0 Å². The summed E-state index contributed by atoms with van der Waals surface area (Å²) in [6.07, 6.45) is 7.59. The van der Waals surface area contributed by atoms with Crippen molar-refractivity contribution >= 4 is 5.78 Å². The van der Waals surface area contributed by atoms with E-state index in [0.29, 0.717) is 18.6 Å². The molecule has 0 aromatic rings. The largest absolute Gasteiger partial charge is 0.299 e. The van der Waals surface area contributed by atoms with Crippen molar-refractivity contribution in [1.82, 2.24) is 0 Å². The second-order valence-corrected chi connectivity index (χ2v) is 2.36. The molecule has 1 nitrogen and oxygen atoms in total. The number of hydrogen-bond acceptors (Lipinski definition) is 1. The summed E-state index contributed by atoms with van der Waals surface area (Å²) in [5.41, 5.74) is 0. The van der Waals surface area contributed by atoms with Crippen molar-refractivity contribution in [3.8, 4) is 0 Å².